The molecule has 24 heavy (non-hydrogen) atoms. The van der Waals surface area contributed by atoms with Crippen LogP contribution in [0.2, 0.25) is 0 Å². The summed E-state index contributed by atoms with van der Waals surface area (Å²) in [6.45, 7) is 2.24. The van der Waals surface area contributed by atoms with Crippen LogP contribution in [0.5, 0.6) is 0 Å². The molecule has 0 N–H and O–H groups in total. The van der Waals surface area contributed by atoms with Gasteiger partial charge in [-0.1, -0.05) is 0 Å². The van der Waals surface area contributed by atoms with Crippen LogP contribution in [0.25, 0.3) is 0 Å². The number of aromatic nitrogens is 2. The van der Waals surface area contributed by atoms with Crippen LogP contribution in [0.1, 0.15) is 18.6 Å². The Hall–Kier alpha value is -2.02. The van der Waals surface area contributed by atoms with Gasteiger partial charge in [0.2, 0.25) is 0 Å². The Balaban J connectivity index is 1.53. The van der Waals surface area contributed by atoms with Crippen LogP contribution < -0.4 is 4.90 Å². The molecule has 2 saturated heterocycles. The molecule has 4 heterocycles. The third kappa shape index (κ3) is 2.66. The fourth-order valence-electron chi connectivity index (χ4n) is 3.89. The summed E-state index contributed by atoms with van der Waals surface area (Å²) in [6, 6.07) is 3.72. The molecular formula is C17H20F2N4O. The molecule has 7 heteroatoms. The number of hydrogen-bond donors (Lipinski definition) is 0. The zero-order chi connectivity index (χ0) is 16.6. The molecular weight excluding hydrogens is 314 g/mol. The van der Waals surface area contributed by atoms with Gasteiger partial charge >= 0.3 is 0 Å². The Kier molecular flexibility index (Phi) is 3.75. The van der Waals surface area contributed by atoms with E-state index in [2.05, 4.69) is 14.9 Å². The minimum absolute atomic E-state index is 0.109. The van der Waals surface area contributed by atoms with Crippen molar-refractivity contribution in [3.05, 3.63) is 42.7 Å². The maximum Gasteiger partial charge on any atom is 0.257 e. The van der Waals surface area contributed by atoms with Gasteiger partial charge in [-0.25, -0.2) is 13.8 Å². The van der Waals surface area contributed by atoms with Crippen molar-refractivity contribution in [1.29, 1.82) is 0 Å². The van der Waals surface area contributed by atoms with E-state index >= 15 is 0 Å². The third-order valence-corrected chi connectivity index (χ3v) is 5.23. The van der Waals surface area contributed by atoms with Crippen molar-refractivity contribution in [2.24, 2.45) is 5.41 Å². The Morgan fingerprint density at radius 2 is 2.08 bits per heavy atom. The number of furan rings is 1. The molecule has 2 aromatic heterocycles. The van der Waals surface area contributed by atoms with Crippen LogP contribution in [0.15, 0.2) is 41.4 Å². The minimum Gasteiger partial charge on any atom is -0.468 e. The van der Waals surface area contributed by atoms with Gasteiger partial charge in [-0.2, -0.15) is 0 Å². The lowest BCUT2D eigenvalue weighted by molar-refractivity contribution is -0.159. The molecule has 2 aliphatic heterocycles. The highest BCUT2D eigenvalue weighted by Crippen LogP contribution is 2.50. The lowest BCUT2D eigenvalue weighted by atomic mass is 9.75. The third-order valence-electron chi connectivity index (χ3n) is 5.23. The van der Waals surface area contributed by atoms with E-state index in [0.29, 0.717) is 45.0 Å². The summed E-state index contributed by atoms with van der Waals surface area (Å²) in [5, 5.41) is 0. The number of alkyl halides is 2. The minimum atomic E-state index is -2.66. The van der Waals surface area contributed by atoms with Crippen molar-refractivity contribution >= 4 is 5.82 Å². The van der Waals surface area contributed by atoms with Gasteiger partial charge in [0.1, 0.15) is 11.6 Å². The molecule has 0 amide bonds. The van der Waals surface area contributed by atoms with Crippen LogP contribution >= 0.6 is 0 Å². The van der Waals surface area contributed by atoms with E-state index in [0.717, 1.165) is 5.76 Å². The number of piperidine rings is 1. The number of rotatable bonds is 3. The van der Waals surface area contributed by atoms with E-state index in [1.165, 1.54) is 0 Å². The predicted octanol–water partition coefficient (Wildman–Crippen LogP) is 2.81. The molecule has 0 aromatic carbocycles. The molecule has 2 aromatic rings. The highest BCUT2D eigenvalue weighted by Gasteiger charge is 2.59. The molecule has 1 spiro atoms. The maximum atomic E-state index is 14.8. The van der Waals surface area contributed by atoms with Gasteiger partial charge in [-0.15, -0.1) is 0 Å². The first kappa shape index (κ1) is 15.5. The number of anilines is 1. The van der Waals surface area contributed by atoms with Gasteiger partial charge in [0.05, 0.1) is 24.4 Å². The summed E-state index contributed by atoms with van der Waals surface area (Å²) in [5.41, 5.74) is -1.03. The Labute approximate surface area is 139 Å². The average Bonchev–Trinajstić information content (AvgIpc) is 3.23. The number of likely N-dealkylation sites (tertiary alicyclic amines) is 1. The quantitative estimate of drug-likeness (QED) is 0.864. The van der Waals surface area contributed by atoms with E-state index in [4.69, 9.17) is 4.42 Å². The van der Waals surface area contributed by atoms with Crippen molar-refractivity contribution in [3.63, 3.8) is 0 Å². The van der Waals surface area contributed by atoms with Crippen molar-refractivity contribution < 1.29 is 13.2 Å². The van der Waals surface area contributed by atoms with Gasteiger partial charge in [0.15, 0.2) is 0 Å². The van der Waals surface area contributed by atoms with Crippen molar-refractivity contribution in [2.75, 3.05) is 31.1 Å². The van der Waals surface area contributed by atoms with Crippen LogP contribution in [-0.4, -0.2) is 47.0 Å². The molecule has 4 rings (SSSR count). The summed E-state index contributed by atoms with van der Waals surface area (Å²) < 4.78 is 35.0. The van der Waals surface area contributed by atoms with Crippen LogP contribution in [0, 0.1) is 5.41 Å². The van der Waals surface area contributed by atoms with Crippen LogP contribution in [0.3, 0.4) is 0 Å². The smallest absolute Gasteiger partial charge is 0.257 e. The highest BCUT2D eigenvalue weighted by molar-refractivity contribution is 5.38. The second-order valence-electron chi connectivity index (χ2n) is 6.76. The molecule has 0 aliphatic carbocycles. The second-order valence-corrected chi connectivity index (χ2v) is 6.76. The van der Waals surface area contributed by atoms with Crippen molar-refractivity contribution in [3.8, 4) is 0 Å². The number of hydrogen-bond acceptors (Lipinski definition) is 5. The predicted molar refractivity (Wildman–Crippen MR) is 84.8 cm³/mol. The van der Waals surface area contributed by atoms with Crippen molar-refractivity contribution in [2.45, 2.75) is 25.3 Å². The highest BCUT2D eigenvalue weighted by atomic mass is 19.3. The molecule has 0 bridgehead atoms. The zero-order valence-corrected chi connectivity index (χ0v) is 13.4. The van der Waals surface area contributed by atoms with Gasteiger partial charge in [-0.3, -0.25) is 9.88 Å². The molecule has 5 nitrogen and oxygen atoms in total. The van der Waals surface area contributed by atoms with Crippen LogP contribution in [-0.2, 0) is 6.54 Å². The lowest BCUT2D eigenvalue weighted by Gasteiger charge is -2.45. The summed E-state index contributed by atoms with van der Waals surface area (Å²) in [7, 11) is 0. The molecule has 0 saturated carbocycles. The Morgan fingerprint density at radius 1 is 1.17 bits per heavy atom. The summed E-state index contributed by atoms with van der Waals surface area (Å²) in [6.07, 6.45) is 6.81. The number of halogens is 2. The molecule has 2 fully saturated rings. The molecule has 2 aliphatic rings. The largest absolute Gasteiger partial charge is 0.468 e. The summed E-state index contributed by atoms with van der Waals surface area (Å²) >= 11 is 0. The fraction of sp³-hybridized carbons (Fsp3) is 0.529. The topological polar surface area (TPSA) is 45.4 Å². The maximum absolute atomic E-state index is 14.8. The zero-order valence-electron chi connectivity index (χ0n) is 13.4. The second kappa shape index (κ2) is 5.81. The molecule has 1 atom stereocenters. The Bertz CT molecular complexity index is 679. The first-order valence-corrected chi connectivity index (χ1v) is 8.22. The van der Waals surface area contributed by atoms with Crippen LogP contribution in [0.4, 0.5) is 14.6 Å². The van der Waals surface area contributed by atoms with Gasteiger partial charge in [0, 0.05) is 45.0 Å². The average molecular weight is 334 g/mol. The molecule has 128 valence electrons. The van der Waals surface area contributed by atoms with Gasteiger partial charge < -0.3 is 9.32 Å². The number of nitrogens with zero attached hydrogens (tertiary/aromatic N) is 4. The van der Waals surface area contributed by atoms with Crippen molar-refractivity contribution in [1.82, 2.24) is 14.9 Å². The first-order valence-electron chi connectivity index (χ1n) is 8.22. The van der Waals surface area contributed by atoms with E-state index in [1.54, 1.807) is 24.9 Å². The van der Waals surface area contributed by atoms with Gasteiger partial charge in [-0.05, 0) is 18.6 Å². The molecule has 0 radical (unpaired) electrons. The summed E-state index contributed by atoms with van der Waals surface area (Å²) in [5.74, 6) is -1.17. The fourth-order valence-corrected chi connectivity index (χ4v) is 3.89. The lowest BCUT2D eigenvalue weighted by Crippen LogP contribution is -2.56. The first-order chi connectivity index (χ1) is 11.6. The van der Waals surface area contributed by atoms with E-state index in [1.807, 2.05) is 17.0 Å². The van der Waals surface area contributed by atoms with E-state index in [9.17, 15) is 8.78 Å². The molecule has 0 unspecified atom stereocenters. The Morgan fingerprint density at radius 3 is 2.83 bits per heavy atom. The summed E-state index contributed by atoms with van der Waals surface area (Å²) in [4.78, 5) is 12.3. The normalized spacial score (nSPS) is 27.0. The van der Waals surface area contributed by atoms with E-state index < -0.39 is 11.3 Å². The standard InChI is InChI=1S/C17H20F2N4O/c18-17(19)4-7-22(11-14-2-1-9-24-14)12-16(17)3-8-23(13-16)15-10-20-5-6-21-15/h1-2,5-6,9-10H,3-4,7-8,11-13H2/t16-/m0/s1. The van der Waals surface area contributed by atoms with Gasteiger partial charge in [0.25, 0.3) is 5.92 Å². The monoisotopic (exact) mass is 334 g/mol. The SMILES string of the molecule is FC1(F)CCN(Cc2ccco2)C[C@]12CCN(c1cnccn1)C2. The van der Waals surface area contributed by atoms with E-state index in [-0.39, 0.29) is 6.42 Å².